The number of carbonyl (C=O) groups is 1. The van der Waals surface area contributed by atoms with Gasteiger partial charge in [-0.3, -0.25) is 4.79 Å². The van der Waals surface area contributed by atoms with Crippen LogP contribution in [-0.4, -0.2) is 30.9 Å². The average Bonchev–Trinajstić information content (AvgIpc) is 3.45. The lowest BCUT2D eigenvalue weighted by molar-refractivity contribution is 0.102. The molecule has 0 saturated heterocycles. The van der Waals surface area contributed by atoms with E-state index in [9.17, 15) is 4.79 Å². The van der Waals surface area contributed by atoms with Gasteiger partial charge in [0.25, 0.3) is 0 Å². The fourth-order valence-corrected chi connectivity index (χ4v) is 4.31. The monoisotopic (exact) mass is 420 g/mol. The molecule has 6 nitrogen and oxygen atoms in total. The van der Waals surface area contributed by atoms with Gasteiger partial charge in [0.1, 0.15) is 11.6 Å². The molecular weight excluding hydrogens is 396 g/mol. The molecule has 0 bridgehead atoms. The van der Waals surface area contributed by atoms with Crippen LogP contribution in [0.15, 0.2) is 64.4 Å². The number of hydrogen-bond acceptors (Lipinski definition) is 5. The van der Waals surface area contributed by atoms with E-state index in [2.05, 4.69) is 26.9 Å². The first-order chi connectivity index (χ1) is 14.5. The smallest absolute Gasteiger partial charge is 0.191 e. The van der Waals surface area contributed by atoms with Crippen LogP contribution in [0, 0.1) is 13.8 Å². The number of thioether (sulfide) groups is 1. The highest BCUT2D eigenvalue weighted by molar-refractivity contribution is 7.99. The van der Waals surface area contributed by atoms with Crippen LogP contribution < -0.4 is 0 Å². The minimum atomic E-state index is 0.0893. The molecule has 3 heterocycles. The van der Waals surface area contributed by atoms with Gasteiger partial charge in [-0.1, -0.05) is 42.1 Å². The standard InChI is InChI=1S/C23H24N4O2S/c1-16-12-20(17(2)27(16)14-19-10-7-11-29-19)21(28)15-30-23-25-24-22(26(23)3)13-18-8-5-4-6-9-18/h4-12H,13-15H2,1-3H3. The zero-order valence-corrected chi connectivity index (χ0v) is 18.1. The summed E-state index contributed by atoms with van der Waals surface area (Å²) < 4.78 is 9.52. The molecule has 0 aliphatic rings. The summed E-state index contributed by atoms with van der Waals surface area (Å²) in [6.45, 7) is 4.61. The second-order valence-corrected chi connectivity index (χ2v) is 8.22. The van der Waals surface area contributed by atoms with Gasteiger partial charge in [-0.05, 0) is 37.6 Å². The highest BCUT2D eigenvalue weighted by Gasteiger charge is 2.18. The number of nitrogens with zero attached hydrogens (tertiary/aromatic N) is 4. The normalized spacial score (nSPS) is 11.2. The van der Waals surface area contributed by atoms with Crippen molar-refractivity contribution in [1.82, 2.24) is 19.3 Å². The van der Waals surface area contributed by atoms with Gasteiger partial charge < -0.3 is 13.6 Å². The number of rotatable bonds is 8. The minimum Gasteiger partial charge on any atom is -0.467 e. The van der Waals surface area contributed by atoms with Crippen molar-refractivity contribution in [3.63, 3.8) is 0 Å². The summed E-state index contributed by atoms with van der Waals surface area (Å²) >= 11 is 1.42. The number of benzene rings is 1. The molecule has 7 heteroatoms. The van der Waals surface area contributed by atoms with Crippen LogP contribution in [0.5, 0.6) is 0 Å². The second kappa shape index (κ2) is 8.75. The molecule has 3 aromatic heterocycles. The molecular formula is C23H24N4O2S. The lowest BCUT2D eigenvalue weighted by Gasteiger charge is -2.08. The van der Waals surface area contributed by atoms with Crippen LogP contribution >= 0.6 is 11.8 Å². The van der Waals surface area contributed by atoms with Crippen LogP contribution in [0.4, 0.5) is 0 Å². The molecule has 4 aromatic rings. The van der Waals surface area contributed by atoms with Gasteiger partial charge in [0.15, 0.2) is 10.9 Å². The first kappa shape index (κ1) is 20.2. The molecule has 0 N–H and O–H groups in total. The Morgan fingerprint density at radius 1 is 1.10 bits per heavy atom. The summed E-state index contributed by atoms with van der Waals surface area (Å²) in [5.74, 6) is 2.16. The summed E-state index contributed by atoms with van der Waals surface area (Å²) in [5, 5.41) is 9.33. The van der Waals surface area contributed by atoms with Gasteiger partial charge in [0, 0.05) is 30.4 Å². The van der Waals surface area contributed by atoms with Crippen molar-refractivity contribution in [2.24, 2.45) is 7.05 Å². The van der Waals surface area contributed by atoms with Crippen LogP contribution in [0.25, 0.3) is 0 Å². The maximum atomic E-state index is 12.9. The molecule has 0 radical (unpaired) electrons. The van der Waals surface area contributed by atoms with Gasteiger partial charge in [-0.2, -0.15) is 0 Å². The van der Waals surface area contributed by atoms with Crippen molar-refractivity contribution >= 4 is 17.5 Å². The quantitative estimate of drug-likeness (QED) is 0.311. The summed E-state index contributed by atoms with van der Waals surface area (Å²) in [7, 11) is 1.94. The Bertz CT molecular complexity index is 1140. The summed E-state index contributed by atoms with van der Waals surface area (Å²) in [4.78, 5) is 12.9. The van der Waals surface area contributed by atoms with E-state index in [1.807, 2.05) is 61.9 Å². The molecule has 0 atom stereocenters. The summed E-state index contributed by atoms with van der Waals surface area (Å²) in [6.07, 6.45) is 2.38. The Kier molecular flexibility index (Phi) is 5.90. The van der Waals surface area contributed by atoms with E-state index in [0.29, 0.717) is 18.7 Å². The molecule has 0 aliphatic carbocycles. The summed E-state index contributed by atoms with van der Waals surface area (Å²) in [5.41, 5.74) is 3.93. The zero-order chi connectivity index (χ0) is 21.1. The van der Waals surface area contributed by atoms with Crippen LogP contribution in [0.1, 0.15) is 38.9 Å². The predicted molar refractivity (Wildman–Crippen MR) is 117 cm³/mol. The van der Waals surface area contributed by atoms with E-state index in [1.54, 1.807) is 6.26 Å². The third kappa shape index (κ3) is 4.26. The SMILES string of the molecule is Cc1cc(C(=O)CSc2nnc(Cc3ccccc3)n2C)c(C)n1Cc1ccco1. The molecule has 0 amide bonds. The molecule has 30 heavy (non-hydrogen) atoms. The number of Topliss-reactive ketones (excluding diaryl/α,β-unsaturated/α-hetero) is 1. The Balaban J connectivity index is 1.43. The molecule has 0 fully saturated rings. The lowest BCUT2D eigenvalue weighted by Crippen LogP contribution is -2.08. The van der Waals surface area contributed by atoms with E-state index < -0.39 is 0 Å². The number of aromatic nitrogens is 4. The van der Waals surface area contributed by atoms with Gasteiger partial charge in [-0.15, -0.1) is 10.2 Å². The van der Waals surface area contributed by atoms with Crippen molar-refractivity contribution in [1.29, 1.82) is 0 Å². The third-order valence-electron chi connectivity index (χ3n) is 5.23. The third-order valence-corrected chi connectivity index (χ3v) is 6.25. The largest absolute Gasteiger partial charge is 0.467 e. The highest BCUT2D eigenvalue weighted by Crippen LogP contribution is 2.22. The fraction of sp³-hybridized carbons (Fsp3) is 0.261. The maximum Gasteiger partial charge on any atom is 0.191 e. The van der Waals surface area contributed by atoms with Crippen LogP contribution in [0.3, 0.4) is 0 Å². The van der Waals surface area contributed by atoms with Crippen molar-refractivity contribution in [3.05, 3.63) is 88.9 Å². The highest BCUT2D eigenvalue weighted by atomic mass is 32.2. The minimum absolute atomic E-state index is 0.0893. The number of aryl methyl sites for hydroxylation is 1. The Morgan fingerprint density at radius 3 is 2.63 bits per heavy atom. The lowest BCUT2D eigenvalue weighted by atomic mass is 10.1. The second-order valence-electron chi connectivity index (χ2n) is 7.28. The van der Waals surface area contributed by atoms with Crippen LogP contribution in [-0.2, 0) is 20.0 Å². The fourth-order valence-electron chi connectivity index (χ4n) is 3.50. The molecule has 0 unspecified atom stereocenters. The Hall–Kier alpha value is -3.06. The number of furan rings is 1. The van der Waals surface area contributed by atoms with E-state index in [-0.39, 0.29) is 5.78 Å². The first-order valence-electron chi connectivity index (χ1n) is 9.80. The molecule has 0 spiro atoms. The average molecular weight is 421 g/mol. The van der Waals surface area contributed by atoms with Crippen molar-refractivity contribution in [2.75, 3.05) is 5.75 Å². The van der Waals surface area contributed by atoms with Gasteiger partial charge in [-0.25, -0.2) is 0 Å². The van der Waals surface area contributed by atoms with Crippen molar-refractivity contribution in [3.8, 4) is 0 Å². The number of carbonyl (C=O) groups excluding carboxylic acids is 1. The number of ketones is 1. The topological polar surface area (TPSA) is 65.8 Å². The van der Waals surface area contributed by atoms with E-state index in [4.69, 9.17) is 4.42 Å². The van der Waals surface area contributed by atoms with Crippen LogP contribution in [0.2, 0.25) is 0 Å². The van der Waals surface area contributed by atoms with E-state index in [1.165, 1.54) is 17.3 Å². The summed E-state index contributed by atoms with van der Waals surface area (Å²) in [6, 6.07) is 15.9. The molecule has 0 aliphatic heterocycles. The number of hydrogen-bond donors (Lipinski definition) is 0. The van der Waals surface area contributed by atoms with Gasteiger partial charge in [0.05, 0.1) is 18.6 Å². The Morgan fingerprint density at radius 2 is 1.90 bits per heavy atom. The molecule has 1 aromatic carbocycles. The molecule has 154 valence electrons. The van der Waals surface area contributed by atoms with E-state index in [0.717, 1.165) is 33.7 Å². The molecule has 4 rings (SSSR count). The zero-order valence-electron chi connectivity index (χ0n) is 17.3. The Labute approximate surface area is 179 Å². The van der Waals surface area contributed by atoms with E-state index >= 15 is 0 Å². The van der Waals surface area contributed by atoms with Crippen molar-refractivity contribution < 1.29 is 9.21 Å². The van der Waals surface area contributed by atoms with Gasteiger partial charge in [0.2, 0.25) is 0 Å². The first-order valence-corrected chi connectivity index (χ1v) is 10.8. The maximum absolute atomic E-state index is 12.9. The predicted octanol–water partition coefficient (Wildman–Crippen LogP) is 4.44. The van der Waals surface area contributed by atoms with Gasteiger partial charge >= 0.3 is 0 Å². The van der Waals surface area contributed by atoms with Crippen molar-refractivity contribution in [2.45, 2.75) is 32.0 Å². The molecule has 0 saturated carbocycles.